The molecule has 1 unspecified atom stereocenters. The van der Waals surface area contributed by atoms with Gasteiger partial charge in [-0.3, -0.25) is 14.5 Å². The topological polar surface area (TPSA) is 98.1 Å². The summed E-state index contributed by atoms with van der Waals surface area (Å²) < 4.78 is 0. The molecule has 0 radical (unpaired) electrons. The lowest BCUT2D eigenvalue weighted by Crippen LogP contribution is -2.29. The number of nitrogens with zero attached hydrogens (tertiary/aromatic N) is 1. The van der Waals surface area contributed by atoms with Crippen LogP contribution in [0.4, 0.5) is 5.69 Å². The van der Waals surface area contributed by atoms with Crippen LogP contribution in [0.1, 0.15) is 22.7 Å². The van der Waals surface area contributed by atoms with E-state index in [4.69, 9.17) is 11.6 Å². The largest absolute Gasteiger partial charge is 0.508 e. The lowest BCUT2D eigenvalue weighted by molar-refractivity contribution is -0.132. The van der Waals surface area contributed by atoms with Crippen LogP contribution in [0.25, 0.3) is 5.76 Å². The number of halogens is 1. The molecule has 31 heavy (non-hydrogen) atoms. The molecule has 156 valence electrons. The van der Waals surface area contributed by atoms with Gasteiger partial charge in [-0.15, -0.1) is 0 Å². The van der Waals surface area contributed by atoms with E-state index < -0.39 is 17.7 Å². The minimum absolute atomic E-state index is 0.00828. The molecule has 1 fully saturated rings. The maximum atomic E-state index is 13.1. The quantitative estimate of drug-likeness (QED) is 0.315. The van der Waals surface area contributed by atoms with Crippen molar-refractivity contribution in [1.29, 1.82) is 0 Å². The number of Topliss-reactive ketones (excluding diaryl/α,β-unsaturated/α-hetero) is 1. The normalized spacial score (nSPS) is 17.9. The lowest BCUT2D eigenvalue weighted by Gasteiger charge is -2.26. The highest BCUT2D eigenvalue weighted by atomic mass is 35.5. The summed E-state index contributed by atoms with van der Waals surface area (Å²) in [6.07, 6.45) is 0. The number of carbonyl (C=O) groups excluding carboxylic acids is 2. The number of phenols is 2. The van der Waals surface area contributed by atoms with E-state index in [9.17, 15) is 24.9 Å². The molecule has 7 heteroatoms. The van der Waals surface area contributed by atoms with Crippen molar-refractivity contribution in [2.45, 2.75) is 13.0 Å². The van der Waals surface area contributed by atoms with Crippen LogP contribution in [0.3, 0.4) is 0 Å². The molecule has 1 saturated heterocycles. The Morgan fingerprint density at radius 1 is 0.968 bits per heavy atom. The van der Waals surface area contributed by atoms with Gasteiger partial charge in [-0.05, 0) is 54.4 Å². The zero-order chi connectivity index (χ0) is 22.3. The van der Waals surface area contributed by atoms with Crippen molar-refractivity contribution in [3.05, 3.63) is 94.0 Å². The first-order valence-corrected chi connectivity index (χ1v) is 9.81. The van der Waals surface area contributed by atoms with Gasteiger partial charge in [0.25, 0.3) is 11.7 Å². The van der Waals surface area contributed by atoms with E-state index in [1.165, 1.54) is 24.3 Å². The van der Waals surface area contributed by atoms with Gasteiger partial charge in [-0.25, -0.2) is 0 Å². The zero-order valence-corrected chi connectivity index (χ0v) is 17.2. The molecule has 4 rings (SSSR count). The van der Waals surface area contributed by atoms with E-state index >= 15 is 0 Å². The molecule has 0 aromatic heterocycles. The molecular weight excluding hydrogens is 418 g/mol. The number of anilines is 1. The smallest absolute Gasteiger partial charge is 0.300 e. The molecule has 0 aliphatic carbocycles. The maximum absolute atomic E-state index is 13.1. The fourth-order valence-electron chi connectivity index (χ4n) is 3.67. The van der Waals surface area contributed by atoms with Gasteiger partial charge in [0.05, 0.1) is 17.3 Å². The van der Waals surface area contributed by atoms with Gasteiger partial charge in [-0.2, -0.15) is 0 Å². The highest BCUT2D eigenvalue weighted by Gasteiger charge is 2.47. The van der Waals surface area contributed by atoms with Crippen molar-refractivity contribution >= 4 is 34.7 Å². The Morgan fingerprint density at radius 2 is 1.68 bits per heavy atom. The number of rotatable bonds is 3. The van der Waals surface area contributed by atoms with Gasteiger partial charge in [0, 0.05) is 10.6 Å². The number of ketones is 1. The number of hydrogen-bond donors (Lipinski definition) is 3. The summed E-state index contributed by atoms with van der Waals surface area (Å²) in [5, 5.41) is 31.5. The number of aryl methyl sites for hydroxylation is 1. The fourth-order valence-corrected chi connectivity index (χ4v) is 3.86. The lowest BCUT2D eigenvalue weighted by atomic mass is 9.95. The second kappa shape index (κ2) is 7.81. The molecule has 1 atom stereocenters. The van der Waals surface area contributed by atoms with E-state index in [0.717, 1.165) is 10.5 Å². The standard InChI is InChI=1S/C24H18ClNO5/c1-13-5-10-19(28)18(11-13)26-21(14-6-8-17(27)9-7-14)20(23(30)24(26)31)22(29)15-3-2-4-16(25)12-15/h2-12,21,27-29H,1H3/b22-20+. The molecule has 1 aliphatic heterocycles. The van der Waals surface area contributed by atoms with Crippen LogP contribution < -0.4 is 4.90 Å². The van der Waals surface area contributed by atoms with Gasteiger partial charge in [0.1, 0.15) is 17.3 Å². The molecule has 0 spiro atoms. The molecule has 3 aromatic rings. The van der Waals surface area contributed by atoms with Crippen LogP contribution in [-0.2, 0) is 9.59 Å². The molecule has 0 saturated carbocycles. The minimum atomic E-state index is -1.02. The summed E-state index contributed by atoms with van der Waals surface area (Å²) in [6, 6.07) is 15.9. The van der Waals surface area contributed by atoms with Gasteiger partial charge in [0.15, 0.2) is 0 Å². The fraction of sp³-hybridized carbons (Fsp3) is 0.0833. The van der Waals surface area contributed by atoms with Crippen LogP contribution >= 0.6 is 11.6 Å². The van der Waals surface area contributed by atoms with Gasteiger partial charge in [0.2, 0.25) is 0 Å². The van der Waals surface area contributed by atoms with Crippen molar-refractivity contribution in [2.24, 2.45) is 0 Å². The molecule has 3 N–H and O–H groups in total. The molecule has 3 aromatic carbocycles. The molecule has 0 bridgehead atoms. The predicted octanol–water partition coefficient (Wildman–Crippen LogP) is 4.69. The second-order valence-corrected chi connectivity index (χ2v) is 7.70. The number of hydrogen-bond acceptors (Lipinski definition) is 5. The summed E-state index contributed by atoms with van der Waals surface area (Å²) in [4.78, 5) is 27.3. The average Bonchev–Trinajstić information content (AvgIpc) is 3.00. The molecule has 1 amide bonds. The Hall–Kier alpha value is -3.77. The third-order valence-corrected chi connectivity index (χ3v) is 5.38. The number of amides is 1. The van der Waals surface area contributed by atoms with E-state index in [-0.39, 0.29) is 34.1 Å². The first-order valence-electron chi connectivity index (χ1n) is 9.43. The number of carbonyl (C=O) groups is 2. The van der Waals surface area contributed by atoms with Gasteiger partial charge >= 0.3 is 0 Å². The highest BCUT2D eigenvalue weighted by Crippen LogP contribution is 2.45. The van der Waals surface area contributed by atoms with Gasteiger partial charge in [-0.1, -0.05) is 41.9 Å². The third kappa shape index (κ3) is 3.62. The Balaban J connectivity index is 1.99. The average molecular weight is 436 g/mol. The zero-order valence-electron chi connectivity index (χ0n) is 16.4. The van der Waals surface area contributed by atoms with E-state index in [0.29, 0.717) is 10.6 Å². The second-order valence-electron chi connectivity index (χ2n) is 7.26. The van der Waals surface area contributed by atoms with E-state index in [1.807, 2.05) is 0 Å². The first kappa shape index (κ1) is 20.5. The van der Waals surface area contributed by atoms with Crippen LogP contribution in [0, 0.1) is 6.92 Å². The van der Waals surface area contributed by atoms with Crippen molar-refractivity contribution in [3.8, 4) is 11.5 Å². The van der Waals surface area contributed by atoms with Crippen molar-refractivity contribution in [1.82, 2.24) is 0 Å². The SMILES string of the molecule is Cc1ccc(O)c(N2C(=O)C(=O)/C(=C(/O)c3cccc(Cl)c3)C2c2ccc(O)cc2)c1. The van der Waals surface area contributed by atoms with Crippen LogP contribution in [0.2, 0.25) is 5.02 Å². The van der Waals surface area contributed by atoms with Crippen LogP contribution in [0.5, 0.6) is 11.5 Å². The Morgan fingerprint density at radius 3 is 2.35 bits per heavy atom. The highest BCUT2D eigenvalue weighted by molar-refractivity contribution is 6.52. The van der Waals surface area contributed by atoms with E-state index in [1.54, 1.807) is 49.4 Å². The molecule has 1 heterocycles. The number of benzene rings is 3. The first-order chi connectivity index (χ1) is 14.8. The van der Waals surface area contributed by atoms with Crippen molar-refractivity contribution in [3.63, 3.8) is 0 Å². The number of phenolic OH excluding ortho intramolecular Hbond substituents is 2. The Bertz CT molecular complexity index is 1230. The predicted molar refractivity (Wildman–Crippen MR) is 117 cm³/mol. The van der Waals surface area contributed by atoms with Crippen LogP contribution in [0.15, 0.2) is 72.3 Å². The maximum Gasteiger partial charge on any atom is 0.300 e. The van der Waals surface area contributed by atoms with E-state index in [2.05, 4.69) is 0 Å². The molecule has 6 nitrogen and oxygen atoms in total. The van der Waals surface area contributed by atoms with Crippen molar-refractivity contribution in [2.75, 3.05) is 4.90 Å². The number of aromatic hydroxyl groups is 2. The summed E-state index contributed by atoms with van der Waals surface area (Å²) in [7, 11) is 0. The number of aliphatic hydroxyl groups is 1. The molecule has 1 aliphatic rings. The summed E-state index contributed by atoms with van der Waals surface area (Å²) in [6.45, 7) is 1.79. The summed E-state index contributed by atoms with van der Waals surface area (Å²) in [5.74, 6) is -2.33. The molecular formula is C24H18ClNO5. The van der Waals surface area contributed by atoms with Crippen molar-refractivity contribution < 1.29 is 24.9 Å². The number of aliphatic hydroxyl groups excluding tert-OH is 1. The third-order valence-electron chi connectivity index (χ3n) is 5.14. The minimum Gasteiger partial charge on any atom is -0.508 e. The Labute approximate surface area is 183 Å². The van der Waals surface area contributed by atoms with Crippen LogP contribution in [-0.4, -0.2) is 27.0 Å². The summed E-state index contributed by atoms with van der Waals surface area (Å²) >= 11 is 6.04. The Kier molecular flexibility index (Phi) is 5.17. The summed E-state index contributed by atoms with van der Waals surface area (Å²) in [5.41, 5.74) is 1.53. The monoisotopic (exact) mass is 435 g/mol. The van der Waals surface area contributed by atoms with Gasteiger partial charge < -0.3 is 15.3 Å².